The van der Waals surface area contributed by atoms with Crippen molar-refractivity contribution in [3.8, 4) is 0 Å². The van der Waals surface area contributed by atoms with Crippen LogP contribution >= 0.6 is 0 Å². The lowest BCUT2D eigenvalue weighted by Crippen LogP contribution is -2.18. The van der Waals surface area contributed by atoms with E-state index in [0.717, 1.165) is 23.2 Å². The van der Waals surface area contributed by atoms with E-state index < -0.39 is 0 Å². The van der Waals surface area contributed by atoms with Crippen molar-refractivity contribution in [3.05, 3.63) is 29.6 Å². The predicted octanol–water partition coefficient (Wildman–Crippen LogP) is 3.50. The van der Waals surface area contributed by atoms with Crippen LogP contribution in [-0.4, -0.2) is 10.1 Å². The minimum atomic E-state index is 0.0439. The van der Waals surface area contributed by atoms with Crippen LogP contribution < -0.4 is 0 Å². The lowest BCUT2D eigenvalue weighted by atomic mass is 9.76. The van der Waals surface area contributed by atoms with Gasteiger partial charge in [0, 0.05) is 11.6 Å². The maximum atomic E-state index is 9.13. The van der Waals surface area contributed by atoms with Gasteiger partial charge in [0.2, 0.25) is 0 Å². The highest BCUT2D eigenvalue weighted by molar-refractivity contribution is 5.15. The Morgan fingerprint density at radius 1 is 1.29 bits per heavy atom. The minimum absolute atomic E-state index is 0.0439. The van der Waals surface area contributed by atoms with E-state index in [0.29, 0.717) is 5.92 Å². The number of hydrogen-bond donors (Lipinski definition) is 1. The Morgan fingerprint density at radius 3 is 2.65 bits per heavy atom. The van der Waals surface area contributed by atoms with Crippen molar-refractivity contribution >= 4 is 0 Å². The van der Waals surface area contributed by atoms with Crippen molar-refractivity contribution in [1.82, 2.24) is 4.98 Å². The van der Waals surface area contributed by atoms with E-state index in [9.17, 15) is 0 Å². The van der Waals surface area contributed by atoms with Gasteiger partial charge in [-0.05, 0) is 36.8 Å². The molecule has 1 saturated carbocycles. The average molecular weight is 233 g/mol. The van der Waals surface area contributed by atoms with E-state index in [2.05, 4.69) is 24.9 Å². The fourth-order valence-corrected chi connectivity index (χ4v) is 2.87. The second-order valence-electron chi connectivity index (χ2n) is 5.52. The first kappa shape index (κ1) is 12.6. The van der Waals surface area contributed by atoms with Crippen LogP contribution in [0.5, 0.6) is 0 Å². The summed E-state index contributed by atoms with van der Waals surface area (Å²) in [5.74, 6) is 2.19. The Morgan fingerprint density at radius 2 is 2.00 bits per heavy atom. The molecule has 1 aliphatic rings. The standard InChI is InChI=1S/C15H23NO/c1-11-6-8-13(9-7-11)12(2)15-5-3-4-14(10-17)16-15/h3-5,11-13,17H,6-10H2,1-2H3/t11?,12-,13?/m1/s1. The SMILES string of the molecule is CC1CCC([C@@H](C)c2cccc(CO)n2)CC1. The fraction of sp³-hybridized carbons (Fsp3) is 0.667. The molecule has 0 unspecified atom stereocenters. The maximum absolute atomic E-state index is 9.13. The Kier molecular flexibility index (Phi) is 4.16. The molecule has 1 aromatic heterocycles. The molecule has 1 atom stereocenters. The van der Waals surface area contributed by atoms with Gasteiger partial charge < -0.3 is 5.11 Å². The molecule has 1 heterocycles. The number of aromatic nitrogens is 1. The van der Waals surface area contributed by atoms with Crippen LogP contribution in [0.15, 0.2) is 18.2 Å². The van der Waals surface area contributed by atoms with Crippen molar-refractivity contribution in [2.24, 2.45) is 11.8 Å². The summed E-state index contributed by atoms with van der Waals surface area (Å²) >= 11 is 0. The molecule has 2 nitrogen and oxygen atoms in total. The highest BCUT2D eigenvalue weighted by atomic mass is 16.3. The van der Waals surface area contributed by atoms with E-state index >= 15 is 0 Å². The normalized spacial score (nSPS) is 26.8. The summed E-state index contributed by atoms with van der Waals surface area (Å²) in [4.78, 5) is 4.54. The molecule has 0 spiro atoms. The molecule has 1 fully saturated rings. The molecule has 1 aromatic rings. The quantitative estimate of drug-likeness (QED) is 0.866. The van der Waals surface area contributed by atoms with E-state index in [1.807, 2.05) is 12.1 Å². The van der Waals surface area contributed by atoms with Gasteiger partial charge in [0.25, 0.3) is 0 Å². The van der Waals surface area contributed by atoms with Crippen LogP contribution in [0, 0.1) is 11.8 Å². The molecule has 1 N–H and O–H groups in total. The maximum Gasteiger partial charge on any atom is 0.0853 e. The van der Waals surface area contributed by atoms with E-state index in [1.165, 1.54) is 25.7 Å². The summed E-state index contributed by atoms with van der Waals surface area (Å²) in [6.45, 7) is 4.68. The van der Waals surface area contributed by atoms with Gasteiger partial charge in [-0.1, -0.05) is 32.8 Å². The van der Waals surface area contributed by atoms with E-state index in [-0.39, 0.29) is 6.61 Å². The van der Waals surface area contributed by atoms with E-state index in [4.69, 9.17) is 5.11 Å². The second-order valence-corrected chi connectivity index (χ2v) is 5.52. The van der Waals surface area contributed by atoms with Gasteiger partial charge in [-0.25, -0.2) is 0 Å². The predicted molar refractivity (Wildman–Crippen MR) is 69.7 cm³/mol. The van der Waals surface area contributed by atoms with Gasteiger partial charge in [-0.2, -0.15) is 0 Å². The van der Waals surface area contributed by atoms with Crippen LogP contribution in [0.2, 0.25) is 0 Å². The third-order valence-electron chi connectivity index (χ3n) is 4.22. The number of rotatable bonds is 3. The summed E-state index contributed by atoms with van der Waals surface area (Å²) < 4.78 is 0. The molecule has 2 rings (SSSR count). The van der Waals surface area contributed by atoms with Crippen molar-refractivity contribution in [1.29, 1.82) is 0 Å². The fourth-order valence-electron chi connectivity index (χ4n) is 2.87. The average Bonchev–Trinajstić information content (AvgIpc) is 2.39. The van der Waals surface area contributed by atoms with Crippen molar-refractivity contribution in [2.45, 2.75) is 52.1 Å². The zero-order valence-corrected chi connectivity index (χ0v) is 10.9. The molecule has 0 saturated heterocycles. The smallest absolute Gasteiger partial charge is 0.0853 e. The first-order valence-electron chi connectivity index (χ1n) is 6.77. The number of aliphatic hydroxyl groups is 1. The third kappa shape index (κ3) is 3.06. The summed E-state index contributed by atoms with van der Waals surface area (Å²) in [6.07, 6.45) is 5.37. The Balaban J connectivity index is 2.05. The summed E-state index contributed by atoms with van der Waals surface area (Å²) in [5, 5.41) is 9.13. The van der Waals surface area contributed by atoms with Gasteiger partial charge in [0.05, 0.1) is 12.3 Å². The Labute approximate surface area is 104 Å². The molecule has 0 radical (unpaired) electrons. The molecule has 2 heteroatoms. The molecular formula is C15H23NO. The van der Waals surface area contributed by atoms with Gasteiger partial charge in [-0.3, -0.25) is 4.98 Å². The highest BCUT2D eigenvalue weighted by Crippen LogP contribution is 2.37. The van der Waals surface area contributed by atoms with Crippen LogP contribution in [-0.2, 0) is 6.61 Å². The van der Waals surface area contributed by atoms with Crippen LogP contribution in [0.4, 0.5) is 0 Å². The number of pyridine rings is 1. The Hall–Kier alpha value is -0.890. The van der Waals surface area contributed by atoms with E-state index in [1.54, 1.807) is 0 Å². The minimum Gasteiger partial charge on any atom is -0.390 e. The van der Waals surface area contributed by atoms with Gasteiger partial charge in [0.1, 0.15) is 0 Å². The third-order valence-corrected chi connectivity index (χ3v) is 4.22. The molecule has 17 heavy (non-hydrogen) atoms. The van der Waals surface area contributed by atoms with Gasteiger partial charge >= 0.3 is 0 Å². The van der Waals surface area contributed by atoms with Crippen LogP contribution in [0.25, 0.3) is 0 Å². The Bertz CT molecular complexity index is 356. The summed E-state index contributed by atoms with van der Waals surface area (Å²) in [5.41, 5.74) is 1.94. The van der Waals surface area contributed by atoms with Gasteiger partial charge in [0.15, 0.2) is 0 Å². The number of hydrogen-bond acceptors (Lipinski definition) is 2. The monoisotopic (exact) mass is 233 g/mol. The largest absolute Gasteiger partial charge is 0.390 e. The number of aliphatic hydroxyl groups excluding tert-OH is 1. The molecule has 0 aromatic carbocycles. The summed E-state index contributed by atoms with van der Waals surface area (Å²) in [6, 6.07) is 6.00. The molecule has 0 amide bonds. The van der Waals surface area contributed by atoms with Gasteiger partial charge in [-0.15, -0.1) is 0 Å². The van der Waals surface area contributed by atoms with Crippen LogP contribution in [0.3, 0.4) is 0 Å². The molecule has 1 aliphatic carbocycles. The second kappa shape index (κ2) is 5.63. The zero-order valence-electron chi connectivity index (χ0n) is 10.9. The lowest BCUT2D eigenvalue weighted by molar-refractivity contribution is 0.256. The molecular weight excluding hydrogens is 210 g/mol. The van der Waals surface area contributed by atoms with Crippen molar-refractivity contribution in [2.75, 3.05) is 0 Å². The van der Waals surface area contributed by atoms with Crippen molar-refractivity contribution in [3.63, 3.8) is 0 Å². The van der Waals surface area contributed by atoms with Crippen LogP contribution in [0.1, 0.15) is 56.8 Å². The first-order valence-corrected chi connectivity index (χ1v) is 6.77. The zero-order chi connectivity index (χ0) is 12.3. The molecule has 0 bridgehead atoms. The highest BCUT2D eigenvalue weighted by Gasteiger charge is 2.24. The summed E-state index contributed by atoms with van der Waals surface area (Å²) in [7, 11) is 0. The lowest BCUT2D eigenvalue weighted by Gasteiger charge is -2.30. The molecule has 94 valence electrons. The topological polar surface area (TPSA) is 33.1 Å². The number of nitrogens with zero attached hydrogens (tertiary/aromatic N) is 1. The first-order chi connectivity index (χ1) is 8.20. The van der Waals surface area contributed by atoms with Crippen molar-refractivity contribution < 1.29 is 5.11 Å². The molecule has 0 aliphatic heterocycles.